The quantitative estimate of drug-likeness (QED) is 0.370. The minimum absolute atomic E-state index is 0.123. The molecule has 3 rings (SSSR count). The largest absolute Gasteiger partial charge is 0.400 e. The van der Waals surface area contributed by atoms with Crippen LogP contribution in [0.15, 0.2) is 23.5 Å². The highest BCUT2D eigenvalue weighted by atomic mass is 16.5. The lowest BCUT2D eigenvalue weighted by atomic mass is 9.98. The molecule has 3 N–H and O–H groups in total. The maximum Gasteiger partial charge on any atom is 0.155 e. The van der Waals surface area contributed by atoms with Crippen molar-refractivity contribution in [1.29, 1.82) is 0 Å². The van der Waals surface area contributed by atoms with E-state index in [1.165, 1.54) is 0 Å². The van der Waals surface area contributed by atoms with Crippen LogP contribution in [0.5, 0.6) is 0 Å². The van der Waals surface area contributed by atoms with Crippen LogP contribution in [0.25, 0.3) is 11.3 Å². The van der Waals surface area contributed by atoms with Gasteiger partial charge in [0.25, 0.3) is 0 Å². The van der Waals surface area contributed by atoms with Crippen LogP contribution in [0.3, 0.4) is 0 Å². The van der Waals surface area contributed by atoms with Gasteiger partial charge in [-0.15, -0.1) is 0 Å². The highest BCUT2D eigenvalue weighted by Gasteiger charge is 2.23. The van der Waals surface area contributed by atoms with Gasteiger partial charge in [-0.25, -0.2) is 9.97 Å². The normalized spacial score (nSPS) is 14.4. The maximum absolute atomic E-state index is 11.1. The topological polar surface area (TPSA) is 127 Å². The molecular weight excluding hydrogens is 396 g/mol. The fourth-order valence-electron chi connectivity index (χ4n) is 3.47. The van der Waals surface area contributed by atoms with Gasteiger partial charge in [-0.05, 0) is 31.7 Å². The van der Waals surface area contributed by atoms with E-state index in [-0.39, 0.29) is 5.92 Å². The Hall–Kier alpha value is -2.91. The third-order valence-electron chi connectivity index (χ3n) is 5.11. The molecule has 0 amide bonds. The number of hydrogen-bond donors (Lipinski definition) is 2. The Morgan fingerprint density at radius 1 is 1.29 bits per heavy atom. The van der Waals surface area contributed by atoms with Crippen LogP contribution in [-0.4, -0.2) is 73.5 Å². The Morgan fingerprint density at radius 3 is 2.68 bits per heavy atom. The summed E-state index contributed by atoms with van der Waals surface area (Å²) >= 11 is 0. The third kappa shape index (κ3) is 6.53. The summed E-state index contributed by atoms with van der Waals surface area (Å²) in [6.07, 6.45) is 9.62. The number of rotatable bonds is 8. The minimum atomic E-state index is 0.123. The van der Waals surface area contributed by atoms with Gasteiger partial charge in [-0.1, -0.05) is 0 Å². The number of anilines is 2. The summed E-state index contributed by atoms with van der Waals surface area (Å²) in [4.78, 5) is 31.4. The first kappa shape index (κ1) is 24.4. The van der Waals surface area contributed by atoms with Gasteiger partial charge in [-0.2, -0.15) is 0 Å². The van der Waals surface area contributed by atoms with Gasteiger partial charge in [-0.3, -0.25) is 9.98 Å². The van der Waals surface area contributed by atoms with Crippen LogP contribution in [0.2, 0.25) is 0 Å². The van der Waals surface area contributed by atoms with Gasteiger partial charge >= 0.3 is 0 Å². The van der Waals surface area contributed by atoms with E-state index in [9.17, 15) is 4.79 Å². The maximum atomic E-state index is 11.1. The van der Waals surface area contributed by atoms with Crippen molar-refractivity contribution in [2.45, 2.75) is 25.7 Å². The molecule has 168 valence electrons. The lowest BCUT2D eigenvalue weighted by Crippen LogP contribution is -2.35. The summed E-state index contributed by atoms with van der Waals surface area (Å²) in [5, 5.41) is 7.00. The number of ether oxygens (including phenoxy) is 1. The number of nitrogens with zero attached hydrogens (tertiary/aromatic N) is 5. The fraction of sp³-hybridized carbons (Fsp3) is 0.500. The molecule has 3 heterocycles. The molecule has 31 heavy (non-hydrogen) atoms. The number of piperidine rings is 1. The second-order valence-corrected chi connectivity index (χ2v) is 7.18. The van der Waals surface area contributed by atoms with E-state index in [1.807, 2.05) is 12.3 Å². The van der Waals surface area contributed by atoms with Crippen molar-refractivity contribution in [1.82, 2.24) is 15.0 Å². The number of carbonyl (C=O) groups is 1. The molecular formula is C22H32N6O3. The number of methoxy groups -OCH3 is 1. The summed E-state index contributed by atoms with van der Waals surface area (Å²) in [5.41, 5.74) is 9.25. The van der Waals surface area contributed by atoms with E-state index < -0.39 is 0 Å². The molecule has 1 saturated heterocycles. The van der Waals surface area contributed by atoms with Crippen molar-refractivity contribution in [3.63, 3.8) is 0 Å². The highest BCUT2D eigenvalue weighted by molar-refractivity contribution is 5.88. The van der Waals surface area contributed by atoms with Crippen LogP contribution < -0.4 is 10.6 Å². The van der Waals surface area contributed by atoms with Gasteiger partial charge < -0.3 is 25.3 Å². The lowest BCUT2D eigenvalue weighted by molar-refractivity contribution is -0.111. The van der Waals surface area contributed by atoms with E-state index in [2.05, 4.69) is 14.9 Å². The van der Waals surface area contributed by atoms with Gasteiger partial charge in [0.2, 0.25) is 0 Å². The number of nitrogens with two attached hydrogens (primary N) is 1. The number of aliphatic hydroxyl groups is 1. The van der Waals surface area contributed by atoms with Gasteiger partial charge in [0.1, 0.15) is 17.8 Å². The predicted octanol–water partition coefficient (Wildman–Crippen LogP) is 1.77. The SMILES string of the molecule is CN=Cc1cc(-c2ncc(CCCOC)nc2N2CCC(C=O)CC2)cnc1N.CO. The zero-order chi connectivity index (χ0) is 22.6. The van der Waals surface area contributed by atoms with Crippen LogP contribution in [0.4, 0.5) is 11.6 Å². The highest BCUT2D eigenvalue weighted by Crippen LogP contribution is 2.31. The van der Waals surface area contributed by atoms with Crippen LogP contribution in [0, 0.1) is 5.92 Å². The summed E-state index contributed by atoms with van der Waals surface area (Å²) in [6.45, 7) is 2.24. The summed E-state index contributed by atoms with van der Waals surface area (Å²) in [5.74, 6) is 1.38. The molecule has 9 heteroatoms. The molecule has 0 aliphatic carbocycles. The molecule has 0 bridgehead atoms. The smallest absolute Gasteiger partial charge is 0.155 e. The van der Waals surface area contributed by atoms with E-state index in [4.69, 9.17) is 25.5 Å². The van der Waals surface area contributed by atoms with E-state index in [0.29, 0.717) is 12.4 Å². The average Bonchev–Trinajstić information content (AvgIpc) is 2.82. The molecule has 0 unspecified atom stereocenters. The Balaban J connectivity index is 0.00000166. The van der Waals surface area contributed by atoms with Gasteiger partial charge in [0.15, 0.2) is 5.82 Å². The molecule has 2 aromatic heterocycles. The van der Waals surface area contributed by atoms with Gasteiger partial charge in [0, 0.05) is 76.6 Å². The molecule has 0 spiro atoms. The first-order valence-electron chi connectivity index (χ1n) is 10.3. The first-order chi connectivity index (χ1) is 15.2. The van der Waals surface area contributed by atoms with Crippen molar-refractivity contribution in [2.24, 2.45) is 10.9 Å². The molecule has 2 aromatic rings. The molecule has 0 atom stereocenters. The molecule has 0 radical (unpaired) electrons. The average molecular weight is 429 g/mol. The molecule has 1 aliphatic rings. The molecule has 0 saturated carbocycles. The van der Waals surface area contributed by atoms with E-state index >= 15 is 0 Å². The number of aromatic nitrogens is 3. The Morgan fingerprint density at radius 2 is 2.03 bits per heavy atom. The van der Waals surface area contributed by atoms with Gasteiger partial charge in [0.05, 0.1) is 5.69 Å². The number of aldehydes is 1. The number of aliphatic hydroxyl groups excluding tert-OH is 1. The molecule has 0 aromatic carbocycles. The van der Waals surface area contributed by atoms with E-state index in [1.54, 1.807) is 26.6 Å². The number of pyridine rings is 1. The summed E-state index contributed by atoms with van der Waals surface area (Å²) in [7, 11) is 4.39. The van der Waals surface area contributed by atoms with E-state index in [0.717, 1.165) is 80.5 Å². The Bertz CT molecular complexity index is 866. The zero-order valence-corrected chi connectivity index (χ0v) is 18.5. The molecule has 1 fully saturated rings. The predicted molar refractivity (Wildman–Crippen MR) is 123 cm³/mol. The van der Waals surface area contributed by atoms with Crippen LogP contribution in [0.1, 0.15) is 30.5 Å². The number of aliphatic imine (C=N–C) groups is 1. The first-order valence-corrected chi connectivity index (χ1v) is 10.3. The summed E-state index contributed by atoms with van der Waals surface area (Å²) < 4.78 is 5.15. The molecule has 1 aliphatic heterocycles. The Labute approximate surface area is 183 Å². The van der Waals surface area contributed by atoms with Crippen molar-refractivity contribution < 1.29 is 14.6 Å². The number of nitrogen functional groups attached to an aromatic ring is 1. The second kappa shape index (κ2) is 12.7. The fourth-order valence-corrected chi connectivity index (χ4v) is 3.47. The number of carbonyl (C=O) groups excluding carboxylic acids is 1. The minimum Gasteiger partial charge on any atom is -0.400 e. The number of hydrogen-bond acceptors (Lipinski definition) is 9. The summed E-state index contributed by atoms with van der Waals surface area (Å²) in [6, 6.07) is 1.94. The van der Waals surface area contributed by atoms with Crippen molar-refractivity contribution in [2.75, 3.05) is 51.6 Å². The standard InChI is InChI=1S/C21H28N6O2.CH4O/c1-23-11-17-10-16(12-25-20(17)22)19-21(27-7-5-15(14-28)6-8-27)26-18(13-24-19)4-3-9-29-2;1-2/h10-15H,3-9H2,1-2H3,(H2,22,25);2H,1H3. The van der Waals surface area contributed by atoms with Crippen molar-refractivity contribution in [3.05, 3.63) is 29.7 Å². The monoisotopic (exact) mass is 428 g/mol. The van der Waals surface area contributed by atoms with Crippen LogP contribution in [-0.2, 0) is 16.0 Å². The third-order valence-corrected chi connectivity index (χ3v) is 5.11. The molecule has 9 nitrogen and oxygen atoms in total. The van der Waals surface area contributed by atoms with Crippen LogP contribution >= 0.6 is 0 Å². The second-order valence-electron chi connectivity index (χ2n) is 7.18. The number of aryl methyl sites for hydroxylation is 1. The Kier molecular flexibility index (Phi) is 9.99. The van der Waals surface area contributed by atoms with Crippen molar-refractivity contribution in [3.8, 4) is 11.3 Å². The van der Waals surface area contributed by atoms with Crippen molar-refractivity contribution >= 4 is 24.1 Å². The zero-order valence-electron chi connectivity index (χ0n) is 18.5. The lowest BCUT2D eigenvalue weighted by Gasteiger charge is -2.31.